The third-order valence-corrected chi connectivity index (χ3v) is 3.43. The average Bonchev–Trinajstić information content (AvgIpc) is 2.83. The van der Waals surface area contributed by atoms with Gasteiger partial charge in [0, 0.05) is 18.7 Å². The Balaban J connectivity index is 1.79. The molecule has 1 atom stereocenters. The lowest BCUT2D eigenvalue weighted by Crippen LogP contribution is -2.39. The molecule has 0 radical (unpaired) electrons. The number of hydrogen-bond acceptors (Lipinski definition) is 3. The molecule has 1 saturated heterocycles. The van der Waals surface area contributed by atoms with E-state index in [1.807, 2.05) is 0 Å². The van der Waals surface area contributed by atoms with Crippen molar-refractivity contribution in [2.75, 3.05) is 19.7 Å². The maximum absolute atomic E-state index is 11.6. The van der Waals surface area contributed by atoms with E-state index >= 15 is 0 Å². The van der Waals surface area contributed by atoms with E-state index in [0.717, 1.165) is 19.5 Å². The number of halogens is 2. The number of nitrogens with one attached hydrogen (secondary N) is 2. The van der Waals surface area contributed by atoms with Gasteiger partial charge in [-0.2, -0.15) is 0 Å². The van der Waals surface area contributed by atoms with E-state index in [4.69, 9.17) is 27.9 Å². The largest absolute Gasteiger partial charge is 0.484 e. The second-order valence-electron chi connectivity index (χ2n) is 4.12. The van der Waals surface area contributed by atoms with Crippen LogP contribution in [0.25, 0.3) is 0 Å². The molecule has 98 valence electrons. The molecule has 1 aliphatic rings. The molecular formula is C12H14Cl2N2O2. The lowest BCUT2D eigenvalue weighted by molar-refractivity contribution is -0.123. The van der Waals surface area contributed by atoms with Crippen molar-refractivity contribution in [1.29, 1.82) is 0 Å². The number of ether oxygens (including phenoxy) is 1. The van der Waals surface area contributed by atoms with Crippen molar-refractivity contribution in [2.45, 2.75) is 12.5 Å². The minimum atomic E-state index is -0.130. The van der Waals surface area contributed by atoms with Gasteiger partial charge in [-0.05, 0) is 25.1 Å². The van der Waals surface area contributed by atoms with Gasteiger partial charge in [0.15, 0.2) is 6.61 Å². The van der Waals surface area contributed by atoms with E-state index in [-0.39, 0.29) is 18.6 Å². The van der Waals surface area contributed by atoms with Crippen molar-refractivity contribution in [3.05, 3.63) is 28.2 Å². The molecule has 0 bridgehead atoms. The lowest BCUT2D eigenvalue weighted by Gasteiger charge is -2.12. The van der Waals surface area contributed by atoms with E-state index in [0.29, 0.717) is 15.8 Å². The van der Waals surface area contributed by atoms with E-state index in [1.54, 1.807) is 18.2 Å². The summed E-state index contributed by atoms with van der Waals surface area (Å²) in [5, 5.41) is 6.94. The zero-order valence-electron chi connectivity index (χ0n) is 9.71. The van der Waals surface area contributed by atoms with E-state index in [9.17, 15) is 4.79 Å². The minimum Gasteiger partial charge on any atom is -0.484 e. The lowest BCUT2D eigenvalue weighted by atomic mass is 10.2. The Hall–Kier alpha value is -0.970. The fourth-order valence-electron chi connectivity index (χ4n) is 1.76. The molecule has 0 aliphatic carbocycles. The number of carbonyl (C=O) groups is 1. The monoisotopic (exact) mass is 288 g/mol. The number of rotatable bonds is 4. The van der Waals surface area contributed by atoms with Gasteiger partial charge >= 0.3 is 0 Å². The normalized spacial score (nSPS) is 18.7. The molecular weight excluding hydrogens is 275 g/mol. The Morgan fingerprint density at radius 3 is 2.94 bits per heavy atom. The molecule has 0 spiro atoms. The Labute approximate surface area is 116 Å². The van der Waals surface area contributed by atoms with E-state index in [1.165, 1.54) is 0 Å². The average molecular weight is 289 g/mol. The summed E-state index contributed by atoms with van der Waals surface area (Å²) in [6.07, 6.45) is 0.957. The summed E-state index contributed by atoms with van der Waals surface area (Å²) in [7, 11) is 0. The number of carbonyl (C=O) groups excluding carboxylic acids is 1. The Bertz CT molecular complexity index is 434. The van der Waals surface area contributed by atoms with Gasteiger partial charge in [0.1, 0.15) is 5.75 Å². The quantitative estimate of drug-likeness (QED) is 0.889. The summed E-state index contributed by atoms with van der Waals surface area (Å²) in [5.41, 5.74) is 0. The zero-order valence-corrected chi connectivity index (χ0v) is 11.2. The van der Waals surface area contributed by atoms with Crippen LogP contribution in [0.1, 0.15) is 6.42 Å². The Kier molecular flexibility index (Phi) is 4.69. The van der Waals surface area contributed by atoms with Crippen molar-refractivity contribution in [3.63, 3.8) is 0 Å². The van der Waals surface area contributed by atoms with Gasteiger partial charge in [0.2, 0.25) is 0 Å². The Morgan fingerprint density at radius 2 is 2.28 bits per heavy atom. The number of benzene rings is 1. The summed E-state index contributed by atoms with van der Waals surface area (Å²) < 4.78 is 5.34. The van der Waals surface area contributed by atoms with Gasteiger partial charge in [-0.1, -0.05) is 23.2 Å². The smallest absolute Gasteiger partial charge is 0.258 e. The highest BCUT2D eigenvalue weighted by Gasteiger charge is 2.16. The first-order valence-corrected chi connectivity index (χ1v) is 6.48. The number of amides is 1. The fourth-order valence-corrected chi connectivity index (χ4v) is 2.05. The van der Waals surface area contributed by atoms with E-state index in [2.05, 4.69) is 10.6 Å². The number of hydrogen-bond donors (Lipinski definition) is 2. The van der Waals surface area contributed by atoms with Crippen LogP contribution in [0.2, 0.25) is 10.0 Å². The minimum absolute atomic E-state index is 0.0194. The first kappa shape index (κ1) is 13.5. The standard InChI is InChI=1S/C12H14Cl2N2O2/c13-10-2-1-9(5-11(10)14)18-7-12(17)16-8-3-4-15-6-8/h1-2,5,8,15H,3-4,6-7H2,(H,16,17). The first-order valence-electron chi connectivity index (χ1n) is 5.73. The van der Waals surface area contributed by atoms with Crippen LogP contribution in [0.4, 0.5) is 0 Å². The van der Waals surface area contributed by atoms with Crippen LogP contribution < -0.4 is 15.4 Å². The van der Waals surface area contributed by atoms with Crippen molar-refractivity contribution in [1.82, 2.24) is 10.6 Å². The molecule has 4 nitrogen and oxygen atoms in total. The van der Waals surface area contributed by atoms with Crippen molar-refractivity contribution < 1.29 is 9.53 Å². The van der Waals surface area contributed by atoms with Crippen molar-refractivity contribution in [2.24, 2.45) is 0 Å². The fraction of sp³-hybridized carbons (Fsp3) is 0.417. The van der Waals surface area contributed by atoms with Gasteiger partial charge in [-0.15, -0.1) is 0 Å². The van der Waals surface area contributed by atoms with E-state index < -0.39 is 0 Å². The van der Waals surface area contributed by atoms with Gasteiger partial charge in [-0.25, -0.2) is 0 Å². The third-order valence-electron chi connectivity index (χ3n) is 2.69. The van der Waals surface area contributed by atoms with Gasteiger partial charge < -0.3 is 15.4 Å². The maximum Gasteiger partial charge on any atom is 0.258 e. The topological polar surface area (TPSA) is 50.4 Å². The Morgan fingerprint density at radius 1 is 1.44 bits per heavy atom. The molecule has 1 fully saturated rings. The molecule has 18 heavy (non-hydrogen) atoms. The molecule has 1 aromatic carbocycles. The molecule has 6 heteroatoms. The van der Waals surface area contributed by atoms with Crippen LogP contribution in [0.5, 0.6) is 5.75 Å². The second kappa shape index (κ2) is 6.27. The summed E-state index contributed by atoms with van der Waals surface area (Å²) in [6, 6.07) is 5.11. The van der Waals surface area contributed by atoms with Crippen molar-refractivity contribution in [3.8, 4) is 5.75 Å². The predicted molar refractivity (Wildman–Crippen MR) is 71.4 cm³/mol. The SMILES string of the molecule is O=C(COc1ccc(Cl)c(Cl)c1)NC1CCNC1. The molecule has 1 amide bonds. The zero-order chi connectivity index (χ0) is 13.0. The summed E-state index contributed by atoms with van der Waals surface area (Å²) in [4.78, 5) is 11.6. The third kappa shape index (κ3) is 3.77. The van der Waals surface area contributed by atoms with Gasteiger partial charge in [-0.3, -0.25) is 4.79 Å². The molecule has 1 heterocycles. The highest BCUT2D eigenvalue weighted by Crippen LogP contribution is 2.26. The summed E-state index contributed by atoms with van der Waals surface area (Å²) in [6.45, 7) is 1.74. The van der Waals surface area contributed by atoms with Crippen LogP contribution in [0, 0.1) is 0 Å². The van der Waals surface area contributed by atoms with Crippen LogP contribution in [0.3, 0.4) is 0 Å². The second-order valence-corrected chi connectivity index (χ2v) is 4.94. The van der Waals surface area contributed by atoms with Crippen LogP contribution in [-0.2, 0) is 4.79 Å². The molecule has 1 aliphatic heterocycles. The molecule has 0 saturated carbocycles. The van der Waals surface area contributed by atoms with Crippen molar-refractivity contribution >= 4 is 29.1 Å². The van der Waals surface area contributed by atoms with Gasteiger partial charge in [0.25, 0.3) is 5.91 Å². The highest BCUT2D eigenvalue weighted by atomic mass is 35.5. The van der Waals surface area contributed by atoms with Crippen LogP contribution >= 0.6 is 23.2 Å². The highest BCUT2D eigenvalue weighted by molar-refractivity contribution is 6.42. The summed E-state index contributed by atoms with van der Waals surface area (Å²) in [5.74, 6) is 0.402. The summed E-state index contributed by atoms with van der Waals surface area (Å²) >= 11 is 11.6. The predicted octanol–water partition coefficient (Wildman–Crippen LogP) is 1.85. The first-order chi connectivity index (χ1) is 8.65. The van der Waals surface area contributed by atoms with Crippen LogP contribution in [0.15, 0.2) is 18.2 Å². The molecule has 2 N–H and O–H groups in total. The molecule has 1 aromatic rings. The van der Waals surface area contributed by atoms with Crippen LogP contribution in [-0.4, -0.2) is 31.6 Å². The maximum atomic E-state index is 11.6. The molecule has 2 rings (SSSR count). The molecule has 0 aromatic heterocycles. The molecule has 1 unspecified atom stereocenters. The van der Waals surface area contributed by atoms with Gasteiger partial charge in [0.05, 0.1) is 10.0 Å².